The van der Waals surface area contributed by atoms with Crippen LogP contribution in [0.4, 0.5) is 17.3 Å². The molecule has 3 aromatic heterocycles. The maximum Gasteiger partial charge on any atom is 0.317 e. The Bertz CT molecular complexity index is 1910. The highest BCUT2D eigenvalue weighted by atomic mass is 16.4. The molecular weight excluding hydrogens is 646 g/mol. The van der Waals surface area contributed by atoms with Gasteiger partial charge in [0.25, 0.3) is 5.56 Å². The molecule has 0 amide bonds. The van der Waals surface area contributed by atoms with Crippen molar-refractivity contribution in [3.8, 4) is 5.82 Å². The van der Waals surface area contributed by atoms with Gasteiger partial charge in [-0.2, -0.15) is 4.98 Å². The van der Waals surface area contributed by atoms with Crippen molar-refractivity contribution < 1.29 is 15.0 Å². The molecule has 2 aliphatic heterocycles. The van der Waals surface area contributed by atoms with Crippen molar-refractivity contribution in [2.45, 2.75) is 51.7 Å². The number of benzene rings is 1. The number of allylic oxidation sites excluding steroid dienone is 1. The summed E-state index contributed by atoms with van der Waals surface area (Å²) in [4.78, 5) is 45.3. The van der Waals surface area contributed by atoms with E-state index in [-0.39, 0.29) is 18.6 Å². The van der Waals surface area contributed by atoms with Crippen LogP contribution in [0, 0.1) is 17.8 Å². The maximum atomic E-state index is 13.3. The van der Waals surface area contributed by atoms with E-state index in [0.717, 1.165) is 56.8 Å². The summed E-state index contributed by atoms with van der Waals surface area (Å²) < 4.78 is 3.17. The number of rotatable bonds is 12. The molecule has 13 nitrogen and oxygen atoms in total. The summed E-state index contributed by atoms with van der Waals surface area (Å²) in [7, 11) is 0. The lowest BCUT2D eigenvalue weighted by atomic mass is 9.73. The van der Waals surface area contributed by atoms with Gasteiger partial charge in [0.05, 0.1) is 18.8 Å². The summed E-state index contributed by atoms with van der Waals surface area (Å²) in [6, 6.07) is 13.6. The van der Waals surface area contributed by atoms with Crippen LogP contribution < -0.4 is 15.8 Å². The summed E-state index contributed by atoms with van der Waals surface area (Å²) in [6.07, 6.45) is 8.32. The van der Waals surface area contributed by atoms with E-state index >= 15 is 0 Å². The highest BCUT2D eigenvalue weighted by molar-refractivity contribution is 5.77. The van der Waals surface area contributed by atoms with Crippen molar-refractivity contribution in [2.24, 2.45) is 17.8 Å². The lowest BCUT2D eigenvalue weighted by molar-refractivity contribution is -0.140. The van der Waals surface area contributed by atoms with Gasteiger partial charge in [-0.3, -0.25) is 19.4 Å². The fraction of sp³-hybridized carbons (Fsp3) is 0.500. The molecule has 51 heavy (non-hydrogen) atoms. The third-order valence-corrected chi connectivity index (χ3v) is 10.8. The molecule has 3 aliphatic rings. The highest BCUT2D eigenvalue weighted by Gasteiger charge is 2.36. The van der Waals surface area contributed by atoms with Gasteiger partial charge in [0.15, 0.2) is 11.5 Å². The molecule has 0 unspecified atom stereocenters. The summed E-state index contributed by atoms with van der Waals surface area (Å²) in [5.74, 6) is 2.31. The van der Waals surface area contributed by atoms with Gasteiger partial charge in [-0.1, -0.05) is 12.1 Å². The number of carbonyl (C=O) groups is 1. The van der Waals surface area contributed by atoms with Gasteiger partial charge in [0.2, 0.25) is 5.95 Å². The normalized spacial score (nSPS) is 20.7. The van der Waals surface area contributed by atoms with Crippen LogP contribution in [-0.4, -0.2) is 103 Å². The maximum absolute atomic E-state index is 13.3. The van der Waals surface area contributed by atoms with E-state index in [1.165, 1.54) is 48.8 Å². The van der Waals surface area contributed by atoms with Crippen LogP contribution in [0.1, 0.15) is 45.2 Å². The van der Waals surface area contributed by atoms with Crippen molar-refractivity contribution in [1.29, 1.82) is 0 Å². The average Bonchev–Trinajstić information content (AvgIpc) is 3.37. The van der Waals surface area contributed by atoms with Gasteiger partial charge in [-0.05, 0) is 93.7 Å². The third kappa shape index (κ3) is 7.70. The molecule has 0 spiro atoms. The number of carboxylic acid groups (broad SMARTS) is 1. The first-order valence-electron chi connectivity index (χ1n) is 18.1. The molecule has 0 radical (unpaired) electrons. The van der Waals surface area contributed by atoms with Crippen LogP contribution in [0.2, 0.25) is 0 Å². The molecule has 1 aliphatic carbocycles. The predicted octanol–water partition coefficient (Wildman–Crippen LogP) is 4.08. The number of fused-ring (bicyclic) bond motifs is 1. The van der Waals surface area contributed by atoms with E-state index in [1.807, 2.05) is 12.1 Å². The quantitative estimate of drug-likeness (QED) is 0.185. The van der Waals surface area contributed by atoms with E-state index in [9.17, 15) is 14.7 Å². The lowest BCUT2D eigenvalue weighted by Crippen LogP contribution is -2.52. The topological polar surface area (TPSA) is 145 Å². The smallest absolute Gasteiger partial charge is 0.317 e. The zero-order valence-electron chi connectivity index (χ0n) is 29.6. The van der Waals surface area contributed by atoms with Crippen molar-refractivity contribution in [1.82, 2.24) is 34.1 Å². The number of anilines is 3. The number of aromatic nitrogens is 5. The van der Waals surface area contributed by atoms with Crippen LogP contribution >= 0.6 is 0 Å². The van der Waals surface area contributed by atoms with E-state index in [4.69, 9.17) is 10.1 Å². The number of pyridine rings is 1. The number of likely N-dealkylation sites (tertiary alicyclic amines) is 1. The number of aliphatic hydroxyl groups is 1. The fourth-order valence-corrected chi connectivity index (χ4v) is 8.00. The van der Waals surface area contributed by atoms with Gasteiger partial charge in [0.1, 0.15) is 11.0 Å². The van der Waals surface area contributed by atoms with Gasteiger partial charge in [0, 0.05) is 63.4 Å². The van der Waals surface area contributed by atoms with Crippen molar-refractivity contribution >= 4 is 34.3 Å². The molecule has 5 heterocycles. The highest BCUT2D eigenvalue weighted by Crippen LogP contribution is 2.38. The zero-order chi connectivity index (χ0) is 35.7. The van der Waals surface area contributed by atoms with E-state index in [1.54, 1.807) is 42.8 Å². The minimum Gasteiger partial charge on any atom is -0.480 e. The van der Waals surface area contributed by atoms with E-state index in [0.29, 0.717) is 34.4 Å². The molecule has 3 fully saturated rings. The van der Waals surface area contributed by atoms with Crippen LogP contribution in [0.15, 0.2) is 66.1 Å². The Hall–Kier alpha value is -4.59. The van der Waals surface area contributed by atoms with Gasteiger partial charge >= 0.3 is 5.97 Å². The van der Waals surface area contributed by atoms with Crippen LogP contribution in [0.3, 0.4) is 0 Å². The molecule has 270 valence electrons. The molecule has 0 atom stereocenters. The number of hydrogen-bond acceptors (Lipinski definition) is 10. The average molecular weight is 696 g/mol. The second kappa shape index (κ2) is 14.6. The Morgan fingerprint density at radius 3 is 2.37 bits per heavy atom. The van der Waals surface area contributed by atoms with Crippen molar-refractivity contribution in [3.63, 3.8) is 0 Å². The Labute approximate surface area is 298 Å². The SMILES string of the molecule is C=CCn1c(=O)c2cnc(Nc3ccc(N4CCN(CC5CCC(C6CN(CC(=O)O)C6)CC5)CC4)cc3)nc2n1-c1cccc(C(C)(C)O)n1. The number of piperazine rings is 1. The van der Waals surface area contributed by atoms with Gasteiger partial charge in [-0.25, -0.2) is 19.3 Å². The first-order valence-corrected chi connectivity index (χ1v) is 18.1. The second-order valence-electron chi connectivity index (χ2n) is 14.9. The number of nitrogens with zero attached hydrogens (tertiary/aromatic N) is 8. The van der Waals surface area contributed by atoms with Crippen LogP contribution in [0.5, 0.6) is 0 Å². The van der Waals surface area contributed by atoms with E-state index < -0.39 is 11.6 Å². The number of aliphatic carboxylic acids is 1. The lowest BCUT2D eigenvalue weighted by Gasteiger charge is -2.45. The van der Waals surface area contributed by atoms with Crippen molar-refractivity contribution in [3.05, 3.63) is 77.4 Å². The standard InChI is InChI=1S/C38H49N9O4/c1-4-16-46-36(50)31-21-39-37(42-35(31)47(46)33-7-5-6-32(41-33)38(2,3)51)40-29-12-14-30(15-13-29)45-19-17-43(18-20-45)22-26-8-10-27(11-9-26)28-23-44(24-28)25-34(48)49/h4-7,12-15,21,26-28,51H,1,8-11,16-20,22-25H2,2-3H3,(H,48,49)(H,39,40,42). The Morgan fingerprint density at radius 2 is 1.71 bits per heavy atom. The van der Waals surface area contributed by atoms with E-state index in [2.05, 4.69) is 48.7 Å². The molecule has 2 saturated heterocycles. The number of nitrogens with one attached hydrogen (secondary N) is 1. The van der Waals surface area contributed by atoms with Crippen LogP contribution in [0.25, 0.3) is 16.9 Å². The zero-order valence-corrected chi connectivity index (χ0v) is 29.6. The first kappa shape index (κ1) is 34.8. The van der Waals surface area contributed by atoms with Gasteiger partial charge < -0.3 is 20.4 Å². The minimum atomic E-state index is -1.16. The Balaban J connectivity index is 0.948. The molecule has 3 N–H and O–H groups in total. The Morgan fingerprint density at radius 1 is 0.980 bits per heavy atom. The fourth-order valence-electron chi connectivity index (χ4n) is 8.00. The molecule has 7 rings (SSSR count). The van der Waals surface area contributed by atoms with Crippen LogP contribution in [-0.2, 0) is 16.9 Å². The monoisotopic (exact) mass is 695 g/mol. The number of hydrogen-bond donors (Lipinski definition) is 3. The molecule has 1 saturated carbocycles. The third-order valence-electron chi connectivity index (χ3n) is 10.8. The first-order chi connectivity index (χ1) is 24.6. The summed E-state index contributed by atoms with van der Waals surface area (Å²) in [5.41, 5.74) is 1.50. The Kier molecular flexibility index (Phi) is 9.95. The summed E-state index contributed by atoms with van der Waals surface area (Å²) >= 11 is 0. The molecular formula is C38H49N9O4. The molecule has 0 bridgehead atoms. The summed E-state index contributed by atoms with van der Waals surface area (Å²) in [6.45, 7) is 14.8. The predicted molar refractivity (Wildman–Crippen MR) is 198 cm³/mol. The van der Waals surface area contributed by atoms with Crippen molar-refractivity contribution in [2.75, 3.05) is 62.6 Å². The van der Waals surface area contributed by atoms with Gasteiger partial charge in [-0.15, -0.1) is 6.58 Å². The second-order valence-corrected chi connectivity index (χ2v) is 14.9. The largest absolute Gasteiger partial charge is 0.480 e. The summed E-state index contributed by atoms with van der Waals surface area (Å²) in [5, 5.41) is 23.2. The molecule has 13 heteroatoms. The number of carboxylic acids is 1. The molecule has 4 aromatic rings. The minimum absolute atomic E-state index is 0.184. The molecule has 1 aromatic carbocycles.